The van der Waals surface area contributed by atoms with Gasteiger partial charge in [-0.05, 0) is 0 Å². The topological polar surface area (TPSA) is 0 Å². The van der Waals surface area contributed by atoms with Crippen LogP contribution < -0.4 is 0 Å². The molecule has 1 rings (SSSR count). The van der Waals surface area contributed by atoms with Crippen LogP contribution in [0.1, 0.15) is 32.1 Å². The van der Waals surface area contributed by atoms with Crippen LogP contribution in [0, 0.1) is 12.8 Å². The molecule has 1 aliphatic rings. The molecule has 1 fully saturated rings. The van der Waals surface area contributed by atoms with Crippen molar-refractivity contribution in [3.63, 3.8) is 0 Å². The summed E-state index contributed by atoms with van der Waals surface area (Å²) in [5.74, 6) is 0.986. The monoisotopic (exact) mass is 152 g/mol. The maximum atomic E-state index is 3.87. The van der Waals surface area contributed by atoms with Crippen molar-refractivity contribution < 1.29 is 17.1 Å². The molecule has 0 unspecified atom stereocenters. The van der Waals surface area contributed by atoms with Crippen LogP contribution in [-0.4, -0.2) is 0 Å². The molecule has 8 heavy (non-hydrogen) atoms. The third-order valence-corrected chi connectivity index (χ3v) is 1.88. The van der Waals surface area contributed by atoms with Gasteiger partial charge < -0.3 is 6.92 Å². The Labute approximate surface area is 62.5 Å². The van der Waals surface area contributed by atoms with E-state index >= 15 is 0 Å². The largest absolute Gasteiger partial charge is 0.343 e. The summed E-state index contributed by atoms with van der Waals surface area (Å²) in [6.07, 6.45) is 6.98. The minimum atomic E-state index is 0. The normalized spacial score (nSPS) is 20.6. The van der Waals surface area contributed by atoms with Gasteiger partial charge in [0, 0.05) is 17.1 Å². The molecule has 1 heteroatoms. The summed E-state index contributed by atoms with van der Waals surface area (Å²) in [5, 5.41) is 0. The summed E-state index contributed by atoms with van der Waals surface area (Å²) in [4.78, 5) is 0. The first-order valence-corrected chi connectivity index (χ1v) is 3.22. The van der Waals surface area contributed by atoms with Gasteiger partial charge in [-0.2, -0.15) is 6.42 Å². The third-order valence-electron chi connectivity index (χ3n) is 1.88. The van der Waals surface area contributed by atoms with Crippen molar-refractivity contribution in [1.29, 1.82) is 0 Å². The molecule has 0 spiro atoms. The molecule has 1 aliphatic carbocycles. The van der Waals surface area contributed by atoms with Crippen LogP contribution in [0.5, 0.6) is 0 Å². The second kappa shape index (κ2) is 4.40. The zero-order valence-corrected chi connectivity index (χ0v) is 6.38. The van der Waals surface area contributed by atoms with E-state index in [0.29, 0.717) is 0 Å². The fraction of sp³-hybridized carbons (Fsp3) is 0.857. The first-order valence-electron chi connectivity index (χ1n) is 3.22. The van der Waals surface area contributed by atoms with Gasteiger partial charge in [-0.1, -0.05) is 31.6 Å². The van der Waals surface area contributed by atoms with Gasteiger partial charge in [-0.15, -0.1) is 0 Å². The molecule has 0 aromatic carbocycles. The Morgan fingerprint density at radius 1 is 1.25 bits per heavy atom. The smallest absolute Gasteiger partial charge is 0 e. The van der Waals surface area contributed by atoms with E-state index in [2.05, 4.69) is 6.92 Å². The van der Waals surface area contributed by atoms with E-state index in [0.717, 1.165) is 5.92 Å². The maximum absolute atomic E-state index is 3.87. The first kappa shape index (κ1) is 8.52. The van der Waals surface area contributed by atoms with Gasteiger partial charge in [-0.25, -0.2) is 0 Å². The van der Waals surface area contributed by atoms with Crippen LogP contribution in [0.2, 0.25) is 0 Å². The van der Waals surface area contributed by atoms with E-state index in [-0.39, 0.29) is 17.1 Å². The van der Waals surface area contributed by atoms with E-state index in [9.17, 15) is 0 Å². The molecule has 49 valence electrons. The molecule has 0 amide bonds. The van der Waals surface area contributed by atoms with Crippen molar-refractivity contribution in [1.82, 2.24) is 0 Å². The molecule has 0 aromatic rings. The Morgan fingerprint density at radius 2 is 1.75 bits per heavy atom. The molecule has 0 nitrogen and oxygen atoms in total. The minimum Gasteiger partial charge on any atom is -0.343 e. The van der Waals surface area contributed by atoms with E-state index in [4.69, 9.17) is 0 Å². The van der Waals surface area contributed by atoms with Crippen LogP contribution in [0.4, 0.5) is 0 Å². The van der Waals surface area contributed by atoms with Gasteiger partial charge in [-0.3, -0.25) is 0 Å². The van der Waals surface area contributed by atoms with E-state index in [1.807, 2.05) is 0 Å². The van der Waals surface area contributed by atoms with Crippen LogP contribution >= 0.6 is 0 Å². The minimum absolute atomic E-state index is 0. The van der Waals surface area contributed by atoms with Crippen molar-refractivity contribution in [3.8, 4) is 0 Å². The standard InChI is InChI=1S/C7H13.Mn/c1-2-7-5-3-4-6-7;/h7H,1-6H2;/q-1;. The molecule has 1 saturated carbocycles. The van der Waals surface area contributed by atoms with Crippen molar-refractivity contribution in [3.05, 3.63) is 6.92 Å². The van der Waals surface area contributed by atoms with Crippen molar-refractivity contribution in [2.45, 2.75) is 32.1 Å². The van der Waals surface area contributed by atoms with Gasteiger partial charge >= 0.3 is 0 Å². The fourth-order valence-electron chi connectivity index (χ4n) is 1.30. The van der Waals surface area contributed by atoms with Crippen molar-refractivity contribution in [2.75, 3.05) is 0 Å². The molecule has 0 bridgehead atoms. The van der Waals surface area contributed by atoms with Crippen LogP contribution in [0.3, 0.4) is 0 Å². The summed E-state index contributed by atoms with van der Waals surface area (Å²) in [7, 11) is 0. The molecule has 0 atom stereocenters. The molecule has 1 radical (unpaired) electrons. The summed E-state index contributed by atoms with van der Waals surface area (Å²) >= 11 is 0. The second-order valence-corrected chi connectivity index (χ2v) is 2.44. The fourth-order valence-corrected chi connectivity index (χ4v) is 1.30. The number of hydrogen-bond acceptors (Lipinski definition) is 0. The zero-order valence-electron chi connectivity index (χ0n) is 5.20. The van der Waals surface area contributed by atoms with Crippen LogP contribution in [0.15, 0.2) is 0 Å². The second-order valence-electron chi connectivity index (χ2n) is 2.44. The Kier molecular flexibility index (Phi) is 4.69. The molecular weight excluding hydrogens is 139 g/mol. The summed E-state index contributed by atoms with van der Waals surface area (Å²) in [5.41, 5.74) is 0. The van der Waals surface area contributed by atoms with Crippen molar-refractivity contribution in [2.24, 2.45) is 5.92 Å². The van der Waals surface area contributed by atoms with Gasteiger partial charge in [0.15, 0.2) is 0 Å². The quantitative estimate of drug-likeness (QED) is 0.399. The average molecular weight is 152 g/mol. The third kappa shape index (κ3) is 2.19. The molecule has 0 saturated heterocycles. The predicted octanol–water partition coefficient (Wildman–Crippen LogP) is 2.40. The Hall–Kier alpha value is 0.519. The summed E-state index contributed by atoms with van der Waals surface area (Å²) in [6, 6.07) is 0. The molecule has 0 aliphatic heterocycles. The average Bonchev–Trinajstić information content (AvgIpc) is 2.14. The van der Waals surface area contributed by atoms with Crippen LogP contribution in [0.25, 0.3) is 0 Å². The summed E-state index contributed by atoms with van der Waals surface area (Å²) in [6.45, 7) is 3.87. The SMILES string of the molecule is [CH2-]CC1CCCC1.[Mn]. The van der Waals surface area contributed by atoms with E-state index < -0.39 is 0 Å². The Balaban J connectivity index is 0.000000490. The predicted molar refractivity (Wildman–Crippen MR) is 31.9 cm³/mol. The van der Waals surface area contributed by atoms with E-state index in [1.54, 1.807) is 0 Å². The zero-order chi connectivity index (χ0) is 5.11. The van der Waals surface area contributed by atoms with Gasteiger partial charge in [0.05, 0.1) is 0 Å². The number of rotatable bonds is 1. The van der Waals surface area contributed by atoms with Crippen LogP contribution in [-0.2, 0) is 17.1 Å². The summed E-state index contributed by atoms with van der Waals surface area (Å²) < 4.78 is 0. The molecule has 0 N–H and O–H groups in total. The first-order chi connectivity index (χ1) is 3.43. The number of hydrogen-bond donors (Lipinski definition) is 0. The van der Waals surface area contributed by atoms with Gasteiger partial charge in [0.25, 0.3) is 0 Å². The van der Waals surface area contributed by atoms with Gasteiger partial charge in [0.2, 0.25) is 0 Å². The Morgan fingerprint density at radius 3 is 2.00 bits per heavy atom. The molecular formula is C7H13Mn-. The molecule has 0 heterocycles. The van der Waals surface area contributed by atoms with E-state index in [1.165, 1.54) is 32.1 Å². The van der Waals surface area contributed by atoms with Crippen molar-refractivity contribution >= 4 is 0 Å². The Bertz CT molecular complexity index is 46.3. The molecule has 0 aromatic heterocycles. The van der Waals surface area contributed by atoms with Gasteiger partial charge in [0.1, 0.15) is 0 Å². The maximum Gasteiger partial charge on any atom is 0 e.